The molecule has 0 aliphatic heterocycles. The van der Waals surface area contributed by atoms with Crippen LogP contribution in [0.25, 0.3) is 11.3 Å². The summed E-state index contributed by atoms with van der Waals surface area (Å²) < 4.78 is 8.19. The molecule has 0 saturated heterocycles. The number of ether oxygens (including phenoxy) is 1. The Morgan fingerprint density at radius 1 is 0.865 bits per heavy atom. The molecule has 0 spiro atoms. The van der Waals surface area contributed by atoms with Crippen molar-refractivity contribution < 1.29 is 14.6 Å². The third-order valence-electron chi connectivity index (χ3n) is 7.56. The molecular weight excluding hydrogens is 458 g/mol. The van der Waals surface area contributed by atoms with Crippen LogP contribution >= 0.6 is 0 Å². The fraction of sp³-hybridized carbons (Fsp3) is 0.303. The van der Waals surface area contributed by atoms with Crippen LogP contribution in [0.2, 0.25) is 0 Å². The van der Waals surface area contributed by atoms with E-state index in [1.807, 2.05) is 54.6 Å². The fourth-order valence-corrected chi connectivity index (χ4v) is 5.42. The van der Waals surface area contributed by atoms with E-state index in [1.165, 1.54) is 48.9 Å². The Kier molecular flexibility index (Phi) is 7.74. The third-order valence-corrected chi connectivity index (χ3v) is 7.56. The second-order valence-electron chi connectivity index (χ2n) is 10.2. The molecule has 5 rings (SSSR count). The molecular formula is C33H35NO3. The second kappa shape index (κ2) is 11.5. The van der Waals surface area contributed by atoms with Gasteiger partial charge in [0.15, 0.2) is 6.10 Å². The zero-order valence-electron chi connectivity index (χ0n) is 21.5. The number of aryl methyl sites for hydroxylation is 1. The number of hydrogen-bond acceptors (Lipinski definition) is 2. The van der Waals surface area contributed by atoms with Gasteiger partial charge in [-0.3, -0.25) is 0 Å². The molecule has 1 saturated carbocycles. The summed E-state index contributed by atoms with van der Waals surface area (Å²) in [5.41, 5.74) is 7.14. The van der Waals surface area contributed by atoms with Crippen LogP contribution in [-0.2, 0) is 17.8 Å². The van der Waals surface area contributed by atoms with Crippen molar-refractivity contribution in [2.24, 2.45) is 0 Å². The molecule has 37 heavy (non-hydrogen) atoms. The predicted molar refractivity (Wildman–Crippen MR) is 148 cm³/mol. The van der Waals surface area contributed by atoms with Crippen molar-refractivity contribution in [1.82, 2.24) is 4.57 Å². The summed E-state index contributed by atoms with van der Waals surface area (Å²) in [7, 11) is 0. The fourth-order valence-electron chi connectivity index (χ4n) is 5.42. The highest BCUT2D eigenvalue weighted by Crippen LogP contribution is 2.33. The molecule has 1 N–H and O–H groups in total. The van der Waals surface area contributed by atoms with Crippen molar-refractivity contribution in [1.29, 1.82) is 0 Å². The van der Waals surface area contributed by atoms with Crippen LogP contribution in [0.4, 0.5) is 0 Å². The highest BCUT2D eigenvalue weighted by Gasteiger charge is 2.20. The normalized spacial score (nSPS) is 14.8. The molecule has 4 heteroatoms. The zero-order valence-corrected chi connectivity index (χ0v) is 21.5. The summed E-state index contributed by atoms with van der Waals surface area (Å²) in [6, 6.07) is 30.8. The lowest BCUT2D eigenvalue weighted by Gasteiger charge is -2.22. The summed E-state index contributed by atoms with van der Waals surface area (Å²) in [6.07, 6.45) is 6.11. The summed E-state index contributed by atoms with van der Waals surface area (Å²) in [4.78, 5) is 11.8. The molecule has 0 radical (unpaired) electrons. The molecule has 190 valence electrons. The van der Waals surface area contributed by atoms with E-state index in [0.29, 0.717) is 12.2 Å². The van der Waals surface area contributed by atoms with Gasteiger partial charge in [-0.2, -0.15) is 0 Å². The highest BCUT2D eigenvalue weighted by atomic mass is 16.5. The number of nitrogens with zero attached hydrogens (tertiary/aromatic N) is 1. The molecule has 0 amide bonds. The summed E-state index contributed by atoms with van der Waals surface area (Å²) in [5, 5.41) is 9.67. The van der Waals surface area contributed by atoms with Crippen LogP contribution in [0, 0.1) is 6.92 Å². The van der Waals surface area contributed by atoms with Gasteiger partial charge in [0.05, 0.1) is 0 Å². The monoisotopic (exact) mass is 493 g/mol. The Labute approximate surface area is 219 Å². The SMILES string of the molecule is Cc1ccc(-c2ccc(O[C@H](Cc3ccccc3)C(=O)O)cc2)n1Cc1ccc(C2CCCCC2)cc1. The van der Waals surface area contributed by atoms with Crippen LogP contribution in [0.5, 0.6) is 5.75 Å². The number of rotatable bonds is 9. The minimum atomic E-state index is -0.966. The maximum atomic E-state index is 11.8. The standard InChI is InChI=1S/C33H35NO3/c1-24-12-21-31(34(24)23-26-13-15-28(16-14-26)27-10-6-3-7-11-27)29-17-19-30(20-18-29)37-32(33(35)36)22-25-8-4-2-5-9-25/h2,4-5,8-9,12-21,27,32H,3,6-7,10-11,22-23H2,1H3,(H,35,36)/t32-/m1/s1. The molecule has 1 atom stereocenters. The Morgan fingerprint density at radius 3 is 2.24 bits per heavy atom. The van der Waals surface area contributed by atoms with Crippen molar-refractivity contribution in [2.45, 2.75) is 64.0 Å². The van der Waals surface area contributed by atoms with Gasteiger partial charge in [-0.15, -0.1) is 0 Å². The average Bonchev–Trinajstić information content (AvgIpc) is 3.30. The summed E-state index contributed by atoms with van der Waals surface area (Å²) in [5.74, 6) is 0.313. The van der Waals surface area contributed by atoms with Crippen molar-refractivity contribution >= 4 is 5.97 Å². The average molecular weight is 494 g/mol. The van der Waals surface area contributed by atoms with Gasteiger partial charge in [0.2, 0.25) is 0 Å². The second-order valence-corrected chi connectivity index (χ2v) is 10.2. The molecule has 0 bridgehead atoms. The molecule has 1 heterocycles. The van der Waals surface area contributed by atoms with Crippen molar-refractivity contribution in [3.63, 3.8) is 0 Å². The first-order chi connectivity index (χ1) is 18.1. The maximum Gasteiger partial charge on any atom is 0.345 e. The largest absolute Gasteiger partial charge is 0.478 e. The molecule has 3 aromatic carbocycles. The zero-order chi connectivity index (χ0) is 25.6. The molecule has 1 aromatic heterocycles. The smallest absolute Gasteiger partial charge is 0.345 e. The Morgan fingerprint density at radius 2 is 1.57 bits per heavy atom. The van der Waals surface area contributed by atoms with E-state index in [1.54, 1.807) is 0 Å². The van der Waals surface area contributed by atoms with Crippen molar-refractivity contribution in [2.75, 3.05) is 0 Å². The van der Waals surface area contributed by atoms with Gasteiger partial charge in [-0.05, 0) is 84.3 Å². The van der Waals surface area contributed by atoms with Crippen molar-refractivity contribution in [3.05, 3.63) is 113 Å². The van der Waals surface area contributed by atoms with E-state index in [-0.39, 0.29) is 0 Å². The van der Waals surface area contributed by atoms with E-state index in [0.717, 1.165) is 29.3 Å². The van der Waals surface area contributed by atoms with Crippen molar-refractivity contribution in [3.8, 4) is 17.0 Å². The molecule has 0 unspecified atom stereocenters. The number of aliphatic carboxylic acids is 1. The number of carbonyl (C=O) groups is 1. The number of benzene rings is 3. The molecule has 4 nitrogen and oxygen atoms in total. The van der Waals surface area contributed by atoms with Crippen LogP contribution in [-0.4, -0.2) is 21.7 Å². The van der Waals surface area contributed by atoms with E-state index in [9.17, 15) is 9.90 Å². The lowest BCUT2D eigenvalue weighted by molar-refractivity contribution is -0.145. The molecule has 1 aliphatic carbocycles. The van der Waals surface area contributed by atoms with Crippen LogP contribution in [0.1, 0.15) is 60.4 Å². The van der Waals surface area contributed by atoms with Gasteiger partial charge in [-0.25, -0.2) is 4.79 Å². The van der Waals surface area contributed by atoms with Gasteiger partial charge in [-0.1, -0.05) is 73.9 Å². The minimum Gasteiger partial charge on any atom is -0.478 e. The Hall–Kier alpha value is -3.79. The first-order valence-corrected chi connectivity index (χ1v) is 13.4. The first-order valence-electron chi connectivity index (χ1n) is 13.4. The lowest BCUT2D eigenvalue weighted by Crippen LogP contribution is -2.29. The number of hydrogen-bond donors (Lipinski definition) is 1. The molecule has 4 aromatic rings. The van der Waals surface area contributed by atoms with E-state index >= 15 is 0 Å². The quantitative estimate of drug-likeness (QED) is 0.261. The van der Waals surface area contributed by atoms with E-state index in [2.05, 4.69) is 47.9 Å². The summed E-state index contributed by atoms with van der Waals surface area (Å²) in [6.45, 7) is 2.95. The topological polar surface area (TPSA) is 51.5 Å². The Balaban J connectivity index is 1.28. The molecule has 1 fully saturated rings. The summed E-state index contributed by atoms with van der Waals surface area (Å²) >= 11 is 0. The van der Waals surface area contributed by atoms with Gasteiger partial charge in [0.1, 0.15) is 5.75 Å². The predicted octanol–water partition coefficient (Wildman–Crippen LogP) is 7.63. The van der Waals surface area contributed by atoms with Gasteiger partial charge < -0.3 is 14.4 Å². The number of aromatic nitrogens is 1. The van der Waals surface area contributed by atoms with Gasteiger partial charge >= 0.3 is 5.97 Å². The van der Waals surface area contributed by atoms with Crippen LogP contribution in [0.3, 0.4) is 0 Å². The van der Waals surface area contributed by atoms with Gasteiger partial charge in [0, 0.05) is 24.4 Å². The van der Waals surface area contributed by atoms with Crippen LogP contribution < -0.4 is 4.74 Å². The Bertz CT molecular complexity index is 1300. The lowest BCUT2D eigenvalue weighted by atomic mass is 9.84. The highest BCUT2D eigenvalue weighted by molar-refractivity contribution is 5.73. The first kappa shape index (κ1) is 24.9. The maximum absolute atomic E-state index is 11.8. The third kappa shape index (κ3) is 6.14. The van der Waals surface area contributed by atoms with E-state index < -0.39 is 12.1 Å². The number of carboxylic acid groups (broad SMARTS) is 1. The van der Waals surface area contributed by atoms with E-state index in [4.69, 9.17) is 4.74 Å². The molecule has 1 aliphatic rings. The minimum absolute atomic E-state index is 0.319. The number of carboxylic acids is 1. The van der Waals surface area contributed by atoms with Crippen LogP contribution in [0.15, 0.2) is 91.0 Å². The van der Waals surface area contributed by atoms with Gasteiger partial charge in [0.25, 0.3) is 0 Å².